The fourth-order valence-electron chi connectivity index (χ4n) is 5.13. The lowest BCUT2D eigenvalue weighted by molar-refractivity contribution is -0.126. The van der Waals surface area contributed by atoms with Crippen LogP contribution >= 0.6 is 0 Å². The maximum atomic E-state index is 12.0. The molecule has 3 N–H and O–H groups in total. The number of rotatable bonds is 4. The molecule has 1 amide bonds. The van der Waals surface area contributed by atoms with E-state index in [0.29, 0.717) is 17.8 Å². The summed E-state index contributed by atoms with van der Waals surface area (Å²) in [5, 5.41) is 7.63. The zero-order valence-electron chi connectivity index (χ0n) is 15.2. The van der Waals surface area contributed by atoms with Gasteiger partial charge in [-0.1, -0.05) is 6.42 Å². The Morgan fingerprint density at radius 1 is 1.31 bits per heavy atom. The van der Waals surface area contributed by atoms with Crippen molar-refractivity contribution in [3.8, 4) is 0 Å². The molecule has 1 aliphatic heterocycles. The summed E-state index contributed by atoms with van der Waals surface area (Å²) in [5.41, 5.74) is 9.87. The number of hydrogen-bond donors (Lipinski definition) is 2. The fourth-order valence-corrected chi connectivity index (χ4v) is 5.13. The Balaban J connectivity index is 1.31. The number of nitrogens with zero attached hydrogens (tertiary/aromatic N) is 3. The first-order chi connectivity index (χ1) is 12.6. The molecule has 26 heavy (non-hydrogen) atoms. The number of nitrogens with one attached hydrogen (secondary N) is 1. The minimum atomic E-state index is 0.00972. The number of hydrogen-bond acceptors (Lipinski definition) is 4. The fraction of sp³-hybridized carbons (Fsp3) is 0.650. The number of piperidine rings is 1. The molecule has 0 aromatic carbocycles. The molecule has 138 valence electrons. The summed E-state index contributed by atoms with van der Waals surface area (Å²) >= 11 is 0. The van der Waals surface area contributed by atoms with Crippen molar-refractivity contribution in [1.82, 2.24) is 19.9 Å². The maximum Gasteiger partial charge on any atom is 0.223 e. The van der Waals surface area contributed by atoms with E-state index < -0.39 is 0 Å². The Kier molecular flexibility index (Phi) is 3.78. The van der Waals surface area contributed by atoms with Gasteiger partial charge >= 0.3 is 0 Å². The van der Waals surface area contributed by atoms with E-state index in [1.165, 1.54) is 32.1 Å². The van der Waals surface area contributed by atoms with Crippen LogP contribution in [-0.4, -0.2) is 27.0 Å². The number of carbonyl (C=O) groups excluding carboxylic acids is 1. The molecule has 1 spiro atoms. The Morgan fingerprint density at radius 3 is 2.88 bits per heavy atom. The molecule has 2 unspecified atom stereocenters. The average molecular weight is 353 g/mol. The van der Waals surface area contributed by atoms with Crippen molar-refractivity contribution in [3.63, 3.8) is 0 Å². The summed E-state index contributed by atoms with van der Waals surface area (Å²) < 4.78 is 1.84. The Hall–Kier alpha value is -1.95. The van der Waals surface area contributed by atoms with Crippen LogP contribution in [0, 0.1) is 17.3 Å². The van der Waals surface area contributed by atoms with Gasteiger partial charge in [0.15, 0.2) is 5.65 Å². The molecular weight excluding hydrogens is 326 g/mol. The number of fused-ring (bicyclic) bond motifs is 1. The second kappa shape index (κ2) is 6.05. The highest BCUT2D eigenvalue weighted by molar-refractivity contribution is 5.79. The normalized spacial score (nSPS) is 26.3. The van der Waals surface area contributed by atoms with Crippen molar-refractivity contribution in [3.05, 3.63) is 29.7 Å². The maximum absolute atomic E-state index is 12.0. The van der Waals surface area contributed by atoms with Gasteiger partial charge in [0.2, 0.25) is 5.91 Å². The Morgan fingerprint density at radius 2 is 2.15 bits per heavy atom. The third-order valence-corrected chi connectivity index (χ3v) is 6.90. The molecular formula is C20H27N5O. The first-order valence-electron chi connectivity index (χ1n) is 10.0. The van der Waals surface area contributed by atoms with Crippen molar-refractivity contribution in [2.75, 3.05) is 6.54 Å². The van der Waals surface area contributed by atoms with Gasteiger partial charge in [-0.05, 0) is 62.0 Å². The summed E-state index contributed by atoms with van der Waals surface area (Å²) in [5.74, 6) is 0.750. The smallest absolute Gasteiger partial charge is 0.223 e. The van der Waals surface area contributed by atoms with Crippen LogP contribution in [0.3, 0.4) is 0 Å². The van der Waals surface area contributed by atoms with Crippen molar-refractivity contribution in [2.24, 2.45) is 23.0 Å². The summed E-state index contributed by atoms with van der Waals surface area (Å²) in [6.07, 6.45) is 11.3. The van der Waals surface area contributed by atoms with Crippen LogP contribution in [0.2, 0.25) is 0 Å². The zero-order valence-corrected chi connectivity index (χ0v) is 15.2. The molecule has 2 atom stereocenters. The van der Waals surface area contributed by atoms with Crippen LogP contribution in [0.25, 0.3) is 5.65 Å². The zero-order chi connectivity index (χ0) is 17.7. The topological polar surface area (TPSA) is 85.3 Å². The largest absolute Gasteiger partial charge is 0.356 e. The summed E-state index contributed by atoms with van der Waals surface area (Å²) in [6.45, 7) is 0.799. The Labute approximate surface area is 153 Å². The molecule has 2 saturated carbocycles. The lowest BCUT2D eigenvalue weighted by Gasteiger charge is -2.55. The summed E-state index contributed by atoms with van der Waals surface area (Å²) in [4.78, 5) is 16.7. The molecule has 2 aromatic rings. The van der Waals surface area contributed by atoms with E-state index in [1.807, 2.05) is 22.8 Å². The standard InChI is InChI=1S/C20H27N5O/c21-18(14-10-20(11-14)6-2-7-20)16-12-25-17(23-16)5-4-15(24-25)9-13-3-1-8-22-19(13)26/h4-5,12-14,18H,1-3,6-11,21H2,(H,22,26). The van der Waals surface area contributed by atoms with Crippen LogP contribution < -0.4 is 11.1 Å². The second-order valence-electron chi connectivity index (χ2n) is 8.68. The van der Waals surface area contributed by atoms with E-state index in [0.717, 1.165) is 36.4 Å². The number of aromatic nitrogens is 3. The molecule has 6 nitrogen and oxygen atoms in total. The number of carbonyl (C=O) groups is 1. The minimum Gasteiger partial charge on any atom is -0.356 e. The van der Waals surface area contributed by atoms with Gasteiger partial charge < -0.3 is 11.1 Å². The average Bonchev–Trinajstić information content (AvgIpc) is 2.97. The number of nitrogens with two attached hydrogens (primary N) is 1. The molecule has 5 rings (SSSR count). The van der Waals surface area contributed by atoms with E-state index >= 15 is 0 Å². The predicted molar refractivity (Wildman–Crippen MR) is 98.4 cm³/mol. The van der Waals surface area contributed by atoms with Crippen molar-refractivity contribution in [2.45, 2.75) is 57.4 Å². The van der Waals surface area contributed by atoms with E-state index in [4.69, 9.17) is 10.7 Å². The van der Waals surface area contributed by atoms with Crippen LogP contribution in [0.15, 0.2) is 18.3 Å². The van der Waals surface area contributed by atoms with Gasteiger partial charge in [0, 0.05) is 18.9 Å². The molecule has 2 aromatic heterocycles. The molecule has 0 radical (unpaired) electrons. The van der Waals surface area contributed by atoms with Gasteiger partial charge in [-0.3, -0.25) is 4.79 Å². The first kappa shape index (κ1) is 16.2. The molecule has 1 saturated heterocycles. The molecule has 6 heteroatoms. The highest BCUT2D eigenvalue weighted by Gasteiger charge is 2.50. The van der Waals surface area contributed by atoms with E-state index in [9.17, 15) is 4.79 Å². The summed E-state index contributed by atoms with van der Waals surface area (Å²) in [6, 6.07) is 4.00. The lowest BCUT2D eigenvalue weighted by Crippen LogP contribution is -2.46. The van der Waals surface area contributed by atoms with Gasteiger partial charge in [-0.15, -0.1) is 0 Å². The number of amides is 1. The van der Waals surface area contributed by atoms with E-state index in [-0.39, 0.29) is 17.9 Å². The number of imidazole rings is 1. The van der Waals surface area contributed by atoms with Crippen molar-refractivity contribution in [1.29, 1.82) is 0 Å². The SMILES string of the molecule is NC(c1cn2nc(CC3CCCNC3=O)ccc2n1)C1CC2(CCC2)C1. The monoisotopic (exact) mass is 353 g/mol. The second-order valence-corrected chi connectivity index (χ2v) is 8.68. The van der Waals surface area contributed by atoms with Gasteiger partial charge in [0.1, 0.15) is 0 Å². The van der Waals surface area contributed by atoms with Gasteiger partial charge in [0.25, 0.3) is 0 Å². The first-order valence-corrected chi connectivity index (χ1v) is 10.0. The molecule has 3 aliphatic rings. The van der Waals surface area contributed by atoms with Crippen LogP contribution in [0.1, 0.15) is 62.4 Å². The van der Waals surface area contributed by atoms with Crippen LogP contribution in [0.4, 0.5) is 0 Å². The van der Waals surface area contributed by atoms with Gasteiger partial charge in [-0.2, -0.15) is 5.10 Å². The van der Waals surface area contributed by atoms with E-state index in [2.05, 4.69) is 10.4 Å². The van der Waals surface area contributed by atoms with Crippen molar-refractivity contribution >= 4 is 11.6 Å². The Bertz CT molecular complexity index is 832. The van der Waals surface area contributed by atoms with Gasteiger partial charge in [-0.25, -0.2) is 9.50 Å². The van der Waals surface area contributed by atoms with Crippen molar-refractivity contribution < 1.29 is 4.79 Å². The molecule has 0 bridgehead atoms. The third-order valence-electron chi connectivity index (χ3n) is 6.90. The molecule has 3 heterocycles. The van der Waals surface area contributed by atoms with Crippen LogP contribution in [-0.2, 0) is 11.2 Å². The predicted octanol–water partition coefficient (Wildman–Crippen LogP) is 2.38. The van der Waals surface area contributed by atoms with Crippen LogP contribution in [0.5, 0.6) is 0 Å². The quantitative estimate of drug-likeness (QED) is 0.884. The van der Waals surface area contributed by atoms with E-state index in [1.54, 1.807) is 0 Å². The third kappa shape index (κ3) is 2.71. The highest BCUT2D eigenvalue weighted by atomic mass is 16.1. The molecule has 3 fully saturated rings. The highest BCUT2D eigenvalue weighted by Crippen LogP contribution is 2.60. The summed E-state index contributed by atoms with van der Waals surface area (Å²) in [7, 11) is 0. The van der Waals surface area contributed by atoms with Gasteiger partial charge in [0.05, 0.1) is 23.6 Å². The lowest BCUT2D eigenvalue weighted by atomic mass is 9.50. The minimum absolute atomic E-state index is 0.00972. The molecule has 2 aliphatic carbocycles.